The summed E-state index contributed by atoms with van der Waals surface area (Å²) in [5.41, 5.74) is 2.58. The molecule has 2 N–H and O–H groups in total. The summed E-state index contributed by atoms with van der Waals surface area (Å²) in [4.78, 5) is 24.1. The van der Waals surface area contributed by atoms with E-state index < -0.39 is 0 Å². The predicted molar refractivity (Wildman–Crippen MR) is 134 cm³/mol. The number of amides is 1. The quantitative estimate of drug-likeness (QED) is 0.570. The predicted octanol–water partition coefficient (Wildman–Crippen LogP) is 4.53. The topological polar surface area (TPSA) is 96.8 Å². The number of ether oxygens (including phenoxy) is 2. The molecule has 3 heterocycles. The second kappa shape index (κ2) is 9.85. The number of aromatic nitrogens is 2. The Morgan fingerprint density at radius 1 is 1.26 bits per heavy atom. The molecular formula is C26H34N4O4. The fourth-order valence-electron chi connectivity index (χ4n) is 4.70. The monoisotopic (exact) mass is 466 g/mol. The molecule has 0 unspecified atom stereocenters. The number of nitrogens with one attached hydrogen (secondary N) is 1. The Balaban J connectivity index is 0.00000180. The number of benzene rings is 2. The Hall–Kier alpha value is -3.39. The molecule has 2 aliphatic heterocycles. The molecule has 2 atom stereocenters. The zero-order valence-electron chi connectivity index (χ0n) is 19.4. The molecule has 0 aliphatic carbocycles. The minimum atomic E-state index is -0.377. The number of piperidine rings is 1. The highest BCUT2D eigenvalue weighted by Crippen LogP contribution is 2.33. The van der Waals surface area contributed by atoms with Crippen molar-refractivity contribution < 1.29 is 22.2 Å². The normalized spacial score (nSPS) is 20.4. The maximum atomic E-state index is 12.2. The number of phenols is 1. The molecule has 2 aliphatic rings. The molecule has 0 bridgehead atoms. The van der Waals surface area contributed by atoms with E-state index in [1.54, 1.807) is 12.1 Å². The largest absolute Gasteiger partial charge is 0.507 e. The van der Waals surface area contributed by atoms with Gasteiger partial charge in [0.2, 0.25) is 0 Å². The van der Waals surface area contributed by atoms with Gasteiger partial charge in [0, 0.05) is 34.3 Å². The van der Waals surface area contributed by atoms with E-state index in [1.165, 1.54) is 0 Å². The molecule has 0 radical (unpaired) electrons. The SMILES string of the molecule is Cc1ccc2c(N3CCC[C@@H](CNC(=O)O[C@@H]4CCOC4)C3)nc(-c3ccccc3O)nc2c1.[HH].[HH]. The van der Waals surface area contributed by atoms with Crippen LogP contribution in [0.2, 0.25) is 0 Å². The Kier molecular flexibility index (Phi) is 6.49. The molecule has 182 valence electrons. The van der Waals surface area contributed by atoms with Gasteiger partial charge < -0.3 is 24.8 Å². The van der Waals surface area contributed by atoms with Crippen molar-refractivity contribution in [1.29, 1.82) is 0 Å². The number of carbonyl (C=O) groups excluding carboxylic acids is 1. The van der Waals surface area contributed by atoms with Gasteiger partial charge in [0.1, 0.15) is 17.7 Å². The van der Waals surface area contributed by atoms with Gasteiger partial charge in [0.05, 0.1) is 24.3 Å². The second-order valence-corrected chi connectivity index (χ2v) is 9.13. The van der Waals surface area contributed by atoms with Crippen molar-refractivity contribution in [2.45, 2.75) is 32.3 Å². The van der Waals surface area contributed by atoms with Crippen LogP contribution in [0.15, 0.2) is 42.5 Å². The van der Waals surface area contributed by atoms with Crippen molar-refractivity contribution in [3.05, 3.63) is 48.0 Å². The average molecular weight is 467 g/mol. The van der Waals surface area contributed by atoms with E-state index in [0.29, 0.717) is 31.1 Å². The van der Waals surface area contributed by atoms with E-state index in [9.17, 15) is 9.90 Å². The lowest BCUT2D eigenvalue weighted by molar-refractivity contribution is 0.0821. The second-order valence-electron chi connectivity index (χ2n) is 9.13. The molecule has 34 heavy (non-hydrogen) atoms. The van der Waals surface area contributed by atoms with E-state index >= 15 is 0 Å². The number of aryl methyl sites for hydroxylation is 1. The number of para-hydroxylation sites is 1. The smallest absolute Gasteiger partial charge is 0.407 e. The van der Waals surface area contributed by atoms with E-state index in [2.05, 4.69) is 28.4 Å². The summed E-state index contributed by atoms with van der Waals surface area (Å²) in [6.45, 7) is 5.36. The van der Waals surface area contributed by atoms with Gasteiger partial charge in [-0.3, -0.25) is 0 Å². The lowest BCUT2D eigenvalue weighted by atomic mass is 9.97. The molecule has 5 rings (SSSR count). The molecule has 1 amide bonds. The summed E-state index contributed by atoms with van der Waals surface area (Å²) in [6, 6.07) is 13.3. The van der Waals surface area contributed by atoms with Crippen LogP contribution < -0.4 is 10.2 Å². The highest BCUT2D eigenvalue weighted by Gasteiger charge is 2.25. The lowest BCUT2D eigenvalue weighted by Gasteiger charge is -2.34. The first-order valence-corrected chi connectivity index (χ1v) is 11.9. The fourth-order valence-corrected chi connectivity index (χ4v) is 4.70. The zero-order chi connectivity index (χ0) is 23.5. The molecule has 8 heteroatoms. The molecule has 0 saturated carbocycles. The standard InChI is InChI=1S/C26H30N4O4.2H2/c1-17-8-9-20-22(13-17)28-24(21-6-2-3-7-23(21)31)29-25(20)30-11-4-5-18(15-30)14-27-26(32)34-19-10-12-33-16-19;;/h2-3,6-9,13,18-19,31H,4-5,10-12,14-16H2,1H3,(H,27,32);2*1H/t18-,19+;;/m0../s1. The van der Waals surface area contributed by atoms with Gasteiger partial charge in [-0.05, 0) is 55.5 Å². The van der Waals surface area contributed by atoms with Crippen molar-refractivity contribution in [3.8, 4) is 17.1 Å². The van der Waals surface area contributed by atoms with Gasteiger partial charge in [-0.15, -0.1) is 0 Å². The first-order valence-electron chi connectivity index (χ1n) is 11.9. The van der Waals surface area contributed by atoms with Crippen LogP contribution >= 0.6 is 0 Å². The van der Waals surface area contributed by atoms with E-state index in [1.807, 2.05) is 19.1 Å². The molecule has 0 spiro atoms. The maximum Gasteiger partial charge on any atom is 0.407 e. The average Bonchev–Trinajstić information content (AvgIpc) is 3.35. The Morgan fingerprint density at radius 2 is 2.15 bits per heavy atom. The Labute approximate surface area is 201 Å². The fraction of sp³-hybridized carbons (Fsp3) is 0.423. The molecule has 1 aromatic heterocycles. The third-order valence-electron chi connectivity index (χ3n) is 6.49. The third-order valence-corrected chi connectivity index (χ3v) is 6.49. The summed E-state index contributed by atoms with van der Waals surface area (Å²) < 4.78 is 10.7. The summed E-state index contributed by atoms with van der Waals surface area (Å²) >= 11 is 0. The summed E-state index contributed by atoms with van der Waals surface area (Å²) in [5.74, 6) is 1.81. The van der Waals surface area contributed by atoms with Crippen molar-refractivity contribution in [2.75, 3.05) is 37.7 Å². The van der Waals surface area contributed by atoms with Gasteiger partial charge in [-0.25, -0.2) is 14.8 Å². The lowest BCUT2D eigenvalue weighted by Crippen LogP contribution is -2.42. The highest BCUT2D eigenvalue weighted by molar-refractivity contribution is 5.92. The van der Waals surface area contributed by atoms with E-state index in [4.69, 9.17) is 19.4 Å². The van der Waals surface area contributed by atoms with Gasteiger partial charge in [-0.1, -0.05) is 18.2 Å². The summed E-state index contributed by atoms with van der Waals surface area (Å²) in [5, 5.41) is 14.3. The van der Waals surface area contributed by atoms with Crippen LogP contribution in [-0.4, -0.2) is 60.1 Å². The Morgan fingerprint density at radius 3 is 2.97 bits per heavy atom. The number of phenolic OH excluding ortho intramolecular Hbond substituents is 1. The molecule has 2 aromatic carbocycles. The Bertz CT molecular complexity index is 1190. The zero-order valence-corrected chi connectivity index (χ0v) is 19.4. The van der Waals surface area contributed by atoms with Crippen LogP contribution in [0.3, 0.4) is 0 Å². The number of nitrogens with zero attached hydrogens (tertiary/aromatic N) is 3. The number of carbonyl (C=O) groups is 1. The van der Waals surface area contributed by atoms with Crippen LogP contribution in [0.25, 0.3) is 22.3 Å². The van der Waals surface area contributed by atoms with Crippen molar-refractivity contribution in [3.63, 3.8) is 0 Å². The minimum absolute atomic E-state index is 0. The molecule has 2 fully saturated rings. The summed E-state index contributed by atoms with van der Waals surface area (Å²) in [7, 11) is 0. The van der Waals surface area contributed by atoms with E-state index in [-0.39, 0.29) is 26.7 Å². The molecule has 8 nitrogen and oxygen atoms in total. The summed E-state index contributed by atoms with van der Waals surface area (Å²) in [6.07, 6.45) is 2.26. The number of anilines is 1. The van der Waals surface area contributed by atoms with Gasteiger partial charge in [0.25, 0.3) is 0 Å². The first kappa shape index (κ1) is 22.4. The molecule has 3 aromatic rings. The number of aromatic hydroxyl groups is 1. The van der Waals surface area contributed by atoms with Crippen LogP contribution in [-0.2, 0) is 9.47 Å². The molecular weight excluding hydrogens is 432 g/mol. The van der Waals surface area contributed by atoms with Crippen LogP contribution in [0.4, 0.5) is 10.6 Å². The van der Waals surface area contributed by atoms with Crippen molar-refractivity contribution in [1.82, 2.24) is 15.3 Å². The maximum absolute atomic E-state index is 12.2. The highest BCUT2D eigenvalue weighted by atomic mass is 16.6. The first-order chi connectivity index (χ1) is 16.6. The van der Waals surface area contributed by atoms with Crippen LogP contribution in [0.1, 0.15) is 27.7 Å². The van der Waals surface area contributed by atoms with Crippen molar-refractivity contribution in [2.24, 2.45) is 5.92 Å². The number of alkyl carbamates (subject to hydrolysis) is 1. The van der Waals surface area contributed by atoms with Gasteiger partial charge in [0.15, 0.2) is 5.82 Å². The van der Waals surface area contributed by atoms with Crippen LogP contribution in [0.5, 0.6) is 5.75 Å². The van der Waals surface area contributed by atoms with Crippen LogP contribution in [0, 0.1) is 12.8 Å². The number of hydrogen-bond acceptors (Lipinski definition) is 7. The number of fused-ring (bicyclic) bond motifs is 1. The number of hydrogen-bond donors (Lipinski definition) is 2. The molecule has 2 saturated heterocycles. The minimum Gasteiger partial charge on any atom is -0.507 e. The van der Waals surface area contributed by atoms with E-state index in [0.717, 1.165) is 54.6 Å². The van der Waals surface area contributed by atoms with Gasteiger partial charge in [-0.2, -0.15) is 0 Å². The van der Waals surface area contributed by atoms with Crippen molar-refractivity contribution >= 4 is 22.8 Å². The van der Waals surface area contributed by atoms with Gasteiger partial charge >= 0.3 is 6.09 Å². The number of rotatable bonds is 5. The third kappa shape index (κ3) is 4.92.